The number of hydrogen-bond donors (Lipinski definition) is 3. The quantitative estimate of drug-likeness (QED) is 0.621. The summed E-state index contributed by atoms with van der Waals surface area (Å²) in [7, 11) is 0. The maximum Gasteiger partial charge on any atom is 0.200 e. The summed E-state index contributed by atoms with van der Waals surface area (Å²) in [4.78, 5) is 25.7. The molecule has 0 amide bonds. The summed E-state index contributed by atoms with van der Waals surface area (Å²) in [6.07, 6.45) is 0.0237. The molecule has 6 heteroatoms. The summed E-state index contributed by atoms with van der Waals surface area (Å²) in [6, 6.07) is 7.39. The lowest BCUT2D eigenvalue weighted by Gasteiger charge is -2.13. The van der Waals surface area contributed by atoms with Crippen molar-refractivity contribution >= 4 is 16.8 Å². The van der Waals surface area contributed by atoms with E-state index in [4.69, 9.17) is 4.42 Å². The Balaban J connectivity index is 2.20. The number of Topliss-reactive ketones (excluding diaryl/α,β-unsaturated/α-hetero) is 1. The number of aromatic hydroxyl groups is 2. The minimum atomic E-state index is -0.456. The van der Waals surface area contributed by atoms with E-state index in [1.54, 1.807) is 25.1 Å². The first-order valence-electron chi connectivity index (χ1n) is 8.21. The SMILES string of the molecule is C[C@@H]1CC(=O)c2c(O)cc(CO)cc2-c2oc3cccc(O)c3c(=O)c21. The lowest BCUT2D eigenvalue weighted by Crippen LogP contribution is -2.14. The van der Waals surface area contributed by atoms with Crippen molar-refractivity contribution in [2.45, 2.75) is 25.9 Å². The molecule has 0 aliphatic heterocycles. The molecule has 6 nitrogen and oxygen atoms in total. The summed E-state index contributed by atoms with van der Waals surface area (Å²) >= 11 is 0. The van der Waals surface area contributed by atoms with Gasteiger partial charge in [-0.25, -0.2) is 0 Å². The highest BCUT2D eigenvalue weighted by atomic mass is 16.3. The van der Waals surface area contributed by atoms with Crippen LogP contribution in [0.5, 0.6) is 11.5 Å². The minimum absolute atomic E-state index is 0.0237. The number of phenolic OH excluding ortho intramolecular Hbond substituents is 2. The van der Waals surface area contributed by atoms with Crippen LogP contribution in [-0.2, 0) is 6.61 Å². The summed E-state index contributed by atoms with van der Waals surface area (Å²) in [5, 5.41) is 29.9. The zero-order valence-corrected chi connectivity index (χ0v) is 13.9. The zero-order chi connectivity index (χ0) is 18.6. The third-order valence-corrected chi connectivity index (χ3v) is 4.80. The normalized spacial score (nSPS) is 16.2. The summed E-state index contributed by atoms with van der Waals surface area (Å²) in [6.45, 7) is 1.40. The average Bonchev–Trinajstić information content (AvgIpc) is 2.70. The van der Waals surface area contributed by atoms with E-state index in [1.807, 2.05) is 0 Å². The molecule has 0 saturated carbocycles. The van der Waals surface area contributed by atoms with Crippen LogP contribution in [0.25, 0.3) is 22.3 Å². The number of hydrogen-bond acceptors (Lipinski definition) is 6. The second-order valence-corrected chi connectivity index (χ2v) is 6.55. The molecule has 2 aromatic carbocycles. The smallest absolute Gasteiger partial charge is 0.200 e. The molecule has 0 radical (unpaired) electrons. The number of fused-ring (bicyclic) bond motifs is 4. The van der Waals surface area contributed by atoms with E-state index in [0.29, 0.717) is 5.56 Å². The molecule has 0 spiro atoms. The fraction of sp³-hybridized carbons (Fsp3) is 0.200. The highest BCUT2D eigenvalue weighted by molar-refractivity contribution is 6.06. The maximum absolute atomic E-state index is 13.1. The van der Waals surface area contributed by atoms with E-state index in [0.717, 1.165) is 0 Å². The number of benzene rings is 2. The second-order valence-electron chi connectivity index (χ2n) is 6.55. The fourth-order valence-electron chi connectivity index (χ4n) is 3.61. The Morgan fingerprint density at radius 1 is 1.15 bits per heavy atom. The summed E-state index contributed by atoms with van der Waals surface area (Å²) in [5.41, 5.74) is 0.821. The Bertz CT molecular complexity index is 1130. The maximum atomic E-state index is 13.1. The van der Waals surface area contributed by atoms with Crippen LogP contribution in [-0.4, -0.2) is 21.1 Å². The van der Waals surface area contributed by atoms with E-state index in [2.05, 4.69) is 0 Å². The van der Waals surface area contributed by atoms with Crippen molar-refractivity contribution < 1.29 is 24.5 Å². The molecule has 3 aromatic rings. The molecular weight excluding hydrogens is 336 g/mol. The Morgan fingerprint density at radius 2 is 1.92 bits per heavy atom. The van der Waals surface area contributed by atoms with Crippen molar-refractivity contribution in [2.75, 3.05) is 0 Å². The van der Waals surface area contributed by atoms with Gasteiger partial charge in [0.25, 0.3) is 0 Å². The molecule has 1 heterocycles. The van der Waals surface area contributed by atoms with E-state index >= 15 is 0 Å². The van der Waals surface area contributed by atoms with Gasteiger partial charge in [-0.2, -0.15) is 0 Å². The second kappa shape index (κ2) is 5.71. The van der Waals surface area contributed by atoms with Gasteiger partial charge in [0.2, 0.25) is 5.43 Å². The van der Waals surface area contributed by atoms with Crippen LogP contribution in [0, 0.1) is 0 Å². The molecular formula is C20H16O6. The number of phenols is 2. The van der Waals surface area contributed by atoms with Crippen LogP contribution in [0.1, 0.15) is 40.7 Å². The van der Waals surface area contributed by atoms with Crippen LogP contribution in [0.4, 0.5) is 0 Å². The molecule has 0 unspecified atom stereocenters. The predicted octanol–water partition coefficient (Wildman–Crippen LogP) is 3.05. The molecule has 3 N–H and O–H groups in total. The molecule has 132 valence electrons. The van der Waals surface area contributed by atoms with Gasteiger partial charge in [0.15, 0.2) is 5.78 Å². The van der Waals surface area contributed by atoms with E-state index in [1.165, 1.54) is 12.1 Å². The van der Waals surface area contributed by atoms with Gasteiger partial charge in [0, 0.05) is 17.5 Å². The van der Waals surface area contributed by atoms with Gasteiger partial charge in [0.05, 0.1) is 12.2 Å². The monoisotopic (exact) mass is 352 g/mol. The number of carbonyl (C=O) groups excluding carboxylic acids is 1. The van der Waals surface area contributed by atoms with Crippen molar-refractivity contribution in [3.8, 4) is 22.8 Å². The topological polar surface area (TPSA) is 108 Å². The molecule has 0 fully saturated rings. The highest BCUT2D eigenvalue weighted by Crippen LogP contribution is 2.42. The van der Waals surface area contributed by atoms with E-state index in [9.17, 15) is 24.9 Å². The van der Waals surface area contributed by atoms with Crippen molar-refractivity contribution in [1.29, 1.82) is 0 Å². The van der Waals surface area contributed by atoms with Gasteiger partial charge in [0.1, 0.15) is 28.2 Å². The lowest BCUT2D eigenvalue weighted by molar-refractivity contribution is 0.0975. The van der Waals surface area contributed by atoms with Gasteiger partial charge < -0.3 is 19.7 Å². The molecule has 4 rings (SSSR count). The lowest BCUT2D eigenvalue weighted by atomic mass is 9.95. The van der Waals surface area contributed by atoms with Gasteiger partial charge in [-0.3, -0.25) is 9.59 Å². The number of carbonyl (C=O) groups is 1. The van der Waals surface area contributed by atoms with E-state index in [-0.39, 0.29) is 63.7 Å². The zero-order valence-electron chi connectivity index (χ0n) is 13.9. The minimum Gasteiger partial charge on any atom is -0.507 e. The van der Waals surface area contributed by atoms with Gasteiger partial charge in [-0.1, -0.05) is 13.0 Å². The Kier molecular flexibility index (Phi) is 3.59. The van der Waals surface area contributed by atoms with Crippen LogP contribution in [0.3, 0.4) is 0 Å². The Morgan fingerprint density at radius 3 is 2.65 bits per heavy atom. The van der Waals surface area contributed by atoms with Crippen molar-refractivity contribution in [1.82, 2.24) is 0 Å². The number of rotatable bonds is 1. The molecule has 0 bridgehead atoms. The molecule has 1 aliphatic carbocycles. The fourth-order valence-corrected chi connectivity index (χ4v) is 3.61. The molecule has 1 aliphatic rings. The first kappa shape index (κ1) is 16.4. The van der Waals surface area contributed by atoms with Crippen molar-refractivity contribution in [3.63, 3.8) is 0 Å². The number of ketones is 1. The van der Waals surface area contributed by atoms with Crippen molar-refractivity contribution in [3.05, 3.63) is 57.2 Å². The third kappa shape index (κ3) is 2.23. The van der Waals surface area contributed by atoms with Crippen LogP contribution in [0.2, 0.25) is 0 Å². The van der Waals surface area contributed by atoms with Gasteiger partial charge in [-0.05, 0) is 35.7 Å². The number of aliphatic hydroxyl groups excluding tert-OH is 1. The first-order valence-corrected chi connectivity index (χ1v) is 8.21. The standard InChI is InChI=1S/C20H16O6/c1-9-5-13(23)17-11(6-10(8-21)7-14(17)24)20-16(9)19(25)18-12(22)3-2-4-15(18)26-20/h2-4,6-7,9,21-22,24H,5,8H2,1H3/t9-/m1/s1. The number of aliphatic hydroxyl groups is 1. The summed E-state index contributed by atoms with van der Waals surface area (Å²) in [5.74, 6) is -1.02. The van der Waals surface area contributed by atoms with Gasteiger partial charge >= 0.3 is 0 Å². The molecule has 1 aromatic heterocycles. The van der Waals surface area contributed by atoms with Crippen molar-refractivity contribution in [2.24, 2.45) is 0 Å². The summed E-state index contributed by atoms with van der Waals surface area (Å²) < 4.78 is 5.92. The Labute approximate surface area is 147 Å². The molecule has 1 atom stereocenters. The Hall–Kier alpha value is -3.12. The van der Waals surface area contributed by atoms with E-state index < -0.39 is 11.3 Å². The third-order valence-electron chi connectivity index (χ3n) is 4.80. The van der Waals surface area contributed by atoms with Crippen LogP contribution in [0.15, 0.2) is 39.5 Å². The van der Waals surface area contributed by atoms with Crippen LogP contribution < -0.4 is 5.43 Å². The van der Waals surface area contributed by atoms with Crippen LogP contribution >= 0.6 is 0 Å². The highest BCUT2D eigenvalue weighted by Gasteiger charge is 2.32. The average molecular weight is 352 g/mol. The van der Waals surface area contributed by atoms with Gasteiger partial charge in [-0.15, -0.1) is 0 Å². The first-order chi connectivity index (χ1) is 12.4. The molecule has 0 saturated heterocycles. The largest absolute Gasteiger partial charge is 0.507 e. The predicted molar refractivity (Wildman–Crippen MR) is 94.5 cm³/mol. The molecule has 26 heavy (non-hydrogen) atoms.